The molecule has 0 saturated heterocycles. The number of halogens is 1. The van der Waals surface area contributed by atoms with Gasteiger partial charge in [-0.25, -0.2) is 8.42 Å². The van der Waals surface area contributed by atoms with Gasteiger partial charge >= 0.3 is 0 Å². The van der Waals surface area contributed by atoms with Crippen LogP contribution in [-0.2, 0) is 20.6 Å². The predicted octanol–water partition coefficient (Wildman–Crippen LogP) is 0.948. The maximum atomic E-state index is 12.5. The van der Waals surface area contributed by atoms with E-state index in [-0.39, 0.29) is 16.9 Å². The first-order valence-corrected chi connectivity index (χ1v) is 7.67. The molecular weight excluding hydrogens is 278 g/mol. The van der Waals surface area contributed by atoms with E-state index in [1.807, 2.05) is 0 Å². The van der Waals surface area contributed by atoms with Gasteiger partial charge in [-0.15, -0.1) is 11.6 Å². The highest BCUT2D eigenvalue weighted by Gasteiger charge is 2.39. The van der Waals surface area contributed by atoms with Crippen LogP contribution in [0, 0.1) is 0 Å². The minimum atomic E-state index is -3.56. The van der Waals surface area contributed by atoms with Gasteiger partial charge in [-0.2, -0.15) is 9.40 Å². The van der Waals surface area contributed by atoms with Gasteiger partial charge < -0.3 is 4.74 Å². The van der Waals surface area contributed by atoms with Crippen molar-refractivity contribution in [3.05, 3.63) is 11.8 Å². The molecule has 18 heavy (non-hydrogen) atoms. The van der Waals surface area contributed by atoms with Crippen LogP contribution in [0.5, 0.6) is 0 Å². The average molecular weight is 294 g/mol. The van der Waals surface area contributed by atoms with Crippen molar-refractivity contribution in [2.75, 3.05) is 20.3 Å². The van der Waals surface area contributed by atoms with Crippen LogP contribution in [0.15, 0.2) is 11.2 Å². The summed E-state index contributed by atoms with van der Waals surface area (Å²) < 4.78 is 31.4. The number of alkyl halides is 1. The molecule has 0 spiro atoms. The zero-order chi connectivity index (χ0) is 13.2. The fraction of sp³-hybridized carbons (Fsp3) is 0.700. The first-order valence-electron chi connectivity index (χ1n) is 5.70. The first-order chi connectivity index (χ1) is 8.61. The van der Waals surface area contributed by atoms with Crippen molar-refractivity contribution >= 4 is 21.6 Å². The number of nitrogens with zero attached hydrogens (tertiary/aromatic N) is 2. The summed E-state index contributed by atoms with van der Waals surface area (Å²) in [4.78, 5) is 0. The van der Waals surface area contributed by atoms with Crippen molar-refractivity contribution in [3.63, 3.8) is 0 Å². The Hall–Kier alpha value is -0.630. The Morgan fingerprint density at radius 3 is 2.89 bits per heavy atom. The third-order valence-electron chi connectivity index (χ3n) is 2.86. The minimum absolute atomic E-state index is 0.0802. The number of rotatable bonds is 7. The van der Waals surface area contributed by atoms with E-state index in [1.54, 1.807) is 7.11 Å². The van der Waals surface area contributed by atoms with Crippen molar-refractivity contribution in [2.24, 2.45) is 0 Å². The molecule has 1 saturated carbocycles. The lowest BCUT2D eigenvalue weighted by atomic mass is 10.4. The Balaban J connectivity index is 2.27. The van der Waals surface area contributed by atoms with Gasteiger partial charge in [0.1, 0.15) is 0 Å². The maximum absolute atomic E-state index is 12.5. The number of methoxy groups -OCH3 is 1. The molecule has 8 heteroatoms. The number of sulfonamides is 1. The zero-order valence-electron chi connectivity index (χ0n) is 10.1. The van der Waals surface area contributed by atoms with Crippen LogP contribution >= 0.6 is 11.6 Å². The van der Waals surface area contributed by atoms with Gasteiger partial charge in [-0.05, 0) is 12.8 Å². The fourth-order valence-electron chi connectivity index (χ4n) is 1.78. The van der Waals surface area contributed by atoms with E-state index in [4.69, 9.17) is 16.3 Å². The molecular formula is C10H16ClN3O3S. The molecule has 1 N–H and O–H groups in total. The lowest BCUT2D eigenvalue weighted by Crippen LogP contribution is -2.36. The number of ether oxygens (including phenoxy) is 1. The molecule has 0 aliphatic heterocycles. The molecule has 0 amide bonds. The molecule has 0 atom stereocenters. The lowest BCUT2D eigenvalue weighted by Gasteiger charge is -2.20. The molecule has 1 heterocycles. The second kappa shape index (κ2) is 5.56. The van der Waals surface area contributed by atoms with Gasteiger partial charge in [0.15, 0.2) is 5.03 Å². The minimum Gasteiger partial charge on any atom is -0.383 e. The van der Waals surface area contributed by atoms with Crippen molar-refractivity contribution in [1.29, 1.82) is 0 Å². The number of aromatic nitrogens is 2. The second-order valence-corrected chi connectivity index (χ2v) is 6.29. The molecule has 6 nitrogen and oxygen atoms in total. The monoisotopic (exact) mass is 293 g/mol. The summed E-state index contributed by atoms with van der Waals surface area (Å²) >= 11 is 5.72. The van der Waals surface area contributed by atoms with Gasteiger partial charge in [0.25, 0.3) is 10.0 Å². The highest BCUT2D eigenvalue weighted by atomic mass is 35.5. The van der Waals surface area contributed by atoms with E-state index in [1.165, 1.54) is 10.5 Å². The molecule has 1 aromatic rings. The highest BCUT2D eigenvalue weighted by molar-refractivity contribution is 7.89. The molecule has 102 valence electrons. The van der Waals surface area contributed by atoms with Crippen LogP contribution in [0.2, 0.25) is 0 Å². The summed E-state index contributed by atoms with van der Waals surface area (Å²) in [5.74, 6) is 0.119. The molecule has 1 aliphatic rings. The van der Waals surface area contributed by atoms with E-state index in [0.29, 0.717) is 18.7 Å². The Bertz CT molecular complexity index is 498. The van der Waals surface area contributed by atoms with Crippen LogP contribution in [0.4, 0.5) is 0 Å². The summed E-state index contributed by atoms with van der Waals surface area (Å²) in [6.45, 7) is 0.727. The number of aromatic amines is 1. The standard InChI is InChI=1S/C10H16ClN3O3S/c1-17-5-4-14(9-2-3-9)18(15,16)10-8(6-11)7-12-13-10/h7,9H,2-6H2,1H3,(H,12,13). The Morgan fingerprint density at radius 2 is 2.33 bits per heavy atom. The van der Waals surface area contributed by atoms with E-state index >= 15 is 0 Å². The largest absolute Gasteiger partial charge is 0.383 e. The molecule has 0 aromatic carbocycles. The number of hydrogen-bond donors (Lipinski definition) is 1. The SMILES string of the molecule is COCCN(C1CC1)S(=O)(=O)c1[nH]ncc1CCl. The summed E-state index contributed by atoms with van der Waals surface area (Å²) in [6, 6.07) is 0.0802. The van der Waals surface area contributed by atoms with Crippen molar-refractivity contribution in [2.45, 2.75) is 29.8 Å². The molecule has 0 unspecified atom stereocenters. The summed E-state index contributed by atoms with van der Waals surface area (Å²) in [6.07, 6.45) is 3.24. The van der Waals surface area contributed by atoms with Crippen LogP contribution in [0.1, 0.15) is 18.4 Å². The van der Waals surface area contributed by atoms with Gasteiger partial charge in [0.2, 0.25) is 0 Å². The zero-order valence-corrected chi connectivity index (χ0v) is 11.7. The van der Waals surface area contributed by atoms with E-state index in [2.05, 4.69) is 10.2 Å². The first kappa shape index (κ1) is 13.8. The molecule has 0 bridgehead atoms. The maximum Gasteiger partial charge on any atom is 0.260 e. The summed E-state index contributed by atoms with van der Waals surface area (Å²) in [5.41, 5.74) is 0.500. The molecule has 1 aliphatic carbocycles. The van der Waals surface area contributed by atoms with E-state index in [0.717, 1.165) is 12.8 Å². The fourth-order valence-corrected chi connectivity index (χ4v) is 3.84. The average Bonchev–Trinajstić information content (AvgIpc) is 3.05. The summed E-state index contributed by atoms with van der Waals surface area (Å²) in [5, 5.41) is 6.38. The second-order valence-electron chi connectivity index (χ2n) is 4.20. The van der Waals surface area contributed by atoms with Gasteiger partial charge in [0.05, 0.1) is 18.7 Å². The van der Waals surface area contributed by atoms with Crippen LogP contribution in [0.25, 0.3) is 0 Å². The topological polar surface area (TPSA) is 75.3 Å². The quantitative estimate of drug-likeness (QED) is 0.760. The van der Waals surface area contributed by atoms with Crippen LogP contribution in [0.3, 0.4) is 0 Å². The predicted molar refractivity (Wildman–Crippen MR) is 66.9 cm³/mol. The smallest absolute Gasteiger partial charge is 0.260 e. The number of hydrogen-bond acceptors (Lipinski definition) is 4. The highest BCUT2D eigenvalue weighted by Crippen LogP contribution is 2.32. The molecule has 1 fully saturated rings. The third kappa shape index (κ3) is 2.69. The molecule has 1 aromatic heterocycles. The normalized spacial score (nSPS) is 16.4. The Labute approximate surface area is 111 Å². The van der Waals surface area contributed by atoms with Gasteiger partial charge in [-0.3, -0.25) is 5.10 Å². The van der Waals surface area contributed by atoms with E-state index in [9.17, 15) is 8.42 Å². The van der Waals surface area contributed by atoms with Crippen molar-refractivity contribution in [1.82, 2.24) is 14.5 Å². The molecule has 2 rings (SSSR count). The third-order valence-corrected chi connectivity index (χ3v) is 5.11. The van der Waals surface area contributed by atoms with Gasteiger partial charge in [-0.1, -0.05) is 0 Å². The Kier molecular flexibility index (Phi) is 4.26. The van der Waals surface area contributed by atoms with Crippen LogP contribution < -0.4 is 0 Å². The number of H-pyrrole nitrogens is 1. The Morgan fingerprint density at radius 1 is 1.61 bits per heavy atom. The lowest BCUT2D eigenvalue weighted by molar-refractivity contribution is 0.177. The van der Waals surface area contributed by atoms with Crippen molar-refractivity contribution in [3.8, 4) is 0 Å². The van der Waals surface area contributed by atoms with E-state index < -0.39 is 10.0 Å². The van der Waals surface area contributed by atoms with Crippen LogP contribution in [-0.4, -0.2) is 49.2 Å². The van der Waals surface area contributed by atoms with Crippen molar-refractivity contribution < 1.29 is 13.2 Å². The summed E-state index contributed by atoms with van der Waals surface area (Å²) in [7, 11) is -2.00. The number of nitrogens with one attached hydrogen (secondary N) is 1. The van der Waals surface area contributed by atoms with Gasteiger partial charge in [0, 0.05) is 25.3 Å². The molecule has 0 radical (unpaired) electrons.